The molecule has 2 N–H and O–H groups in total. The molecule has 0 spiro atoms. The van der Waals surface area contributed by atoms with Crippen molar-refractivity contribution in [3.8, 4) is 11.8 Å². The fourth-order valence-corrected chi connectivity index (χ4v) is 2.23. The Morgan fingerprint density at radius 3 is 2.95 bits per heavy atom. The number of hydrogen-bond acceptors (Lipinski definition) is 4. The van der Waals surface area contributed by atoms with Crippen LogP contribution in [0, 0.1) is 24.6 Å². The van der Waals surface area contributed by atoms with Gasteiger partial charge in [0.1, 0.15) is 17.3 Å². The zero-order valence-electron chi connectivity index (χ0n) is 10.6. The van der Waals surface area contributed by atoms with Gasteiger partial charge in [-0.1, -0.05) is 11.8 Å². The van der Waals surface area contributed by atoms with Gasteiger partial charge in [-0.05, 0) is 25.1 Å². The van der Waals surface area contributed by atoms with E-state index in [1.807, 2.05) is 0 Å². The Hall–Kier alpha value is -2.23. The van der Waals surface area contributed by atoms with Crippen molar-refractivity contribution in [3.05, 3.63) is 45.7 Å². The van der Waals surface area contributed by atoms with Crippen LogP contribution >= 0.6 is 11.3 Å². The first-order valence-electron chi connectivity index (χ1n) is 5.72. The fourth-order valence-electron chi connectivity index (χ4n) is 1.53. The third kappa shape index (κ3) is 3.20. The second-order valence-electron chi connectivity index (χ2n) is 3.88. The summed E-state index contributed by atoms with van der Waals surface area (Å²) in [5.74, 6) is 4.05. The number of hydrogen-bond donors (Lipinski definition) is 2. The Morgan fingerprint density at radius 1 is 1.55 bits per heavy atom. The lowest BCUT2D eigenvalue weighted by molar-refractivity contribution is 0.102. The smallest absolute Gasteiger partial charge is 0.267 e. The molecule has 0 atom stereocenters. The molecule has 0 bridgehead atoms. The van der Waals surface area contributed by atoms with E-state index < -0.39 is 11.7 Å². The molecule has 1 heterocycles. The number of aliphatic hydroxyl groups excluding tert-OH is 1. The standard InChI is InChI=1S/C14H11FN2O2S/c1-9-13(20-8-16-9)14(19)17-12-5-4-10(3-2-6-18)7-11(12)15/h4-5,7-8,18H,6H2,1H3,(H,17,19). The van der Waals surface area contributed by atoms with Crippen molar-refractivity contribution in [2.75, 3.05) is 11.9 Å². The predicted molar refractivity (Wildman–Crippen MR) is 75.2 cm³/mol. The molecule has 0 aliphatic heterocycles. The van der Waals surface area contributed by atoms with Crippen LogP contribution in [-0.4, -0.2) is 22.6 Å². The molecule has 1 amide bonds. The van der Waals surface area contributed by atoms with Crippen LogP contribution in [0.5, 0.6) is 0 Å². The zero-order valence-corrected chi connectivity index (χ0v) is 11.4. The Bertz CT molecular complexity index is 701. The number of carbonyl (C=O) groups excluding carboxylic acids is 1. The molecule has 0 radical (unpaired) electrons. The van der Waals surface area contributed by atoms with E-state index in [1.54, 1.807) is 18.5 Å². The van der Waals surface area contributed by atoms with Crippen LogP contribution in [-0.2, 0) is 0 Å². The molecule has 0 aliphatic carbocycles. The van der Waals surface area contributed by atoms with Gasteiger partial charge < -0.3 is 10.4 Å². The van der Waals surface area contributed by atoms with Crippen LogP contribution in [0.2, 0.25) is 0 Å². The Balaban J connectivity index is 2.18. The average molecular weight is 290 g/mol. The highest BCUT2D eigenvalue weighted by atomic mass is 32.1. The summed E-state index contributed by atoms with van der Waals surface area (Å²) >= 11 is 1.20. The Labute approximate surface area is 119 Å². The maximum atomic E-state index is 13.8. The van der Waals surface area contributed by atoms with Crippen LogP contribution in [0.1, 0.15) is 20.9 Å². The highest BCUT2D eigenvalue weighted by molar-refractivity contribution is 7.12. The van der Waals surface area contributed by atoms with Gasteiger partial charge in [0.15, 0.2) is 0 Å². The van der Waals surface area contributed by atoms with E-state index in [9.17, 15) is 9.18 Å². The first-order chi connectivity index (χ1) is 9.61. The maximum absolute atomic E-state index is 13.8. The Morgan fingerprint density at radius 2 is 2.35 bits per heavy atom. The average Bonchev–Trinajstić information content (AvgIpc) is 2.85. The first kappa shape index (κ1) is 14.2. The van der Waals surface area contributed by atoms with Crippen molar-refractivity contribution in [2.24, 2.45) is 0 Å². The molecule has 2 aromatic rings. The van der Waals surface area contributed by atoms with Gasteiger partial charge in [-0.25, -0.2) is 9.37 Å². The van der Waals surface area contributed by atoms with Gasteiger partial charge >= 0.3 is 0 Å². The van der Waals surface area contributed by atoms with E-state index in [2.05, 4.69) is 22.1 Å². The number of nitrogens with one attached hydrogen (secondary N) is 1. The summed E-state index contributed by atoms with van der Waals surface area (Å²) in [5, 5.41) is 11.1. The van der Waals surface area contributed by atoms with E-state index in [0.717, 1.165) is 0 Å². The van der Waals surface area contributed by atoms with Crippen molar-refractivity contribution >= 4 is 22.9 Å². The largest absolute Gasteiger partial charge is 0.384 e. The topological polar surface area (TPSA) is 62.2 Å². The van der Waals surface area contributed by atoms with Crippen molar-refractivity contribution < 1.29 is 14.3 Å². The molecule has 1 aromatic carbocycles. The van der Waals surface area contributed by atoms with Gasteiger partial charge in [-0.3, -0.25) is 4.79 Å². The highest BCUT2D eigenvalue weighted by Crippen LogP contribution is 2.19. The van der Waals surface area contributed by atoms with Crippen LogP contribution < -0.4 is 5.32 Å². The molecular weight excluding hydrogens is 279 g/mol. The molecular formula is C14H11FN2O2S. The van der Waals surface area contributed by atoms with Crippen LogP contribution in [0.3, 0.4) is 0 Å². The summed E-state index contributed by atoms with van der Waals surface area (Å²) in [4.78, 5) is 16.4. The number of halogens is 1. The lowest BCUT2D eigenvalue weighted by Crippen LogP contribution is -2.12. The maximum Gasteiger partial charge on any atom is 0.267 e. The van der Waals surface area contributed by atoms with E-state index in [4.69, 9.17) is 5.11 Å². The predicted octanol–water partition coefficient (Wildman–Crippen LogP) is 2.19. The summed E-state index contributed by atoms with van der Waals surface area (Å²) < 4.78 is 13.8. The molecule has 0 aliphatic rings. The number of anilines is 1. The Kier molecular flexibility index (Phi) is 4.45. The van der Waals surface area contributed by atoms with Crippen molar-refractivity contribution in [1.29, 1.82) is 0 Å². The SMILES string of the molecule is Cc1ncsc1C(=O)Nc1ccc(C#CCO)cc1F. The first-order valence-corrected chi connectivity index (χ1v) is 6.60. The number of nitrogens with zero attached hydrogens (tertiary/aromatic N) is 1. The monoisotopic (exact) mass is 290 g/mol. The van der Waals surface area contributed by atoms with Gasteiger partial charge in [0.2, 0.25) is 0 Å². The van der Waals surface area contributed by atoms with Gasteiger partial charge in [0.25, 0.3) is 5.91 Å². The van der Waals surface area contributed by atoms with Crippen LogP contribution in [0.15, 0.2) is 23.7 Å². The molecule has 0 saturated heterocycles. The van der Waals surface area contributed by atoms with E-state index >= 15 is 0 Å². The van der Waals surface area contributed by atoms with Gasteiger partial charge in [-0.2, -0.15) is 0 Å². The molecule has 20 heavy (non-hydrogen) atoms. The molecule has 0 saturated carbocycles. The number of aryl methyl sites for hydroxylation is 1. The summed E-state index contributed by atoms with van der Waals surface area (Å²) in [5.41, 5.74) is 2.69. The van der Waals surface area contributed by atoms with Crippen LogP contribution in [0.25, 0.3) is 0 Å². The summed E-state index contributed by atoms with van der Waals surface area (Å²) in [6, 6.07) is 4.21. The number of carbonyl (C=O) groups is 1. The number of rotatable bonds is 2. The van der Waals surface area contributed by atoms with Crippen molar-refractivity contribution in [1.82, 2.24) is 4.98 Å². The quantitative estimate of drug-likeness (QED) is 0.833. The van der Waals surface area contributed by atoms with Crippen molar-refractivity contribution in [3.63, 3.8) is 0 Å². The summed E-state index contributed by atoms with van der Waals surface area (Å²) in [7, 11) is 0. The molecule has 0 fully saturated rings. The lowest BCUT2D eigenvalue weighted by atomic mass is 10.2. The molecule has 102 valence electrons. The fraction of sp³-hybridized carbons (Fsp3) is 0.143. The number of aliphatic hydroxyl groups is 1. The van der Waals surface area contributed by atoms with Crippen LogP contribution in [0.4, 0.5) is 10.1 Å². The van der Waals surface area contributed by atoms with Crippen molar-refractivity contribution in [2.45, 2.75) is 6.92 Å². The van der Waals surface area contributed by atoms with Gasteiger partial charge in [0, 0.05) is 5.56 Å². The second kappa shape index (κ2) is 6.28. The van der Waals surface area contributed by atoms with E-state index in [1.165, 1.54) is 23.5 Å². The van der Waals surface area contributed by atoms with E-state index in [-0.39, 0.29) is 12.3 Å². The summed E-state index contributed by atoms with van der Waals surface area (Å²) in [6.45, 7) is 1.43. The molecule has 0 unspecified atom stereocenters. The second-order valence-corrected chi connectivity index (χ2v) is 4.73. The molecule has 1 aromatic heterocycles. The molecule has 4 nitrogen and oxygen atoms in total. The summed E-state index contributed by atoms with van der Waals surface area (Å²) in [6.07, 6.45) is 0. The lowest BCUT2D eigenvalue weighted by Gasteiger charge is -2.05. The highest BCUT2D eigenvalue weighted by Gasteiger charge is 2.13. The van der Waals surface area contributed by atoms with Gasteiger partial charge in [0.05, 0.1) is 16.9 Å². The number of amides is 1. The molecule has 2 rings (SSSR count). The minimum absolute atomic E-state index is 0.0809. The normalized spacial score (nSPS) is 9.75. The van der Waals surface area contributed by atoms with Gasteiger partial charge in [-0.15, -0.1) is 11.3 Å². The minimum Gasteiger partial charge on any atom is -0.384 e. The number of aromatic nitrogens is 1. The van der Waals surface area contributed by atoms with E-state index in [0.29, 0.717) is 16.1 Å². The number of benzene rings is 1. The minimum atomic E-state index is -0.578. The number of thiazole rings is 1. The third-order valence-electron chi connectivity index (χ3n) is 2.48. The zero-order chi connectivity index (χ0) is 14.5. The third-order valence-corrected chi connectivity index (χ3v) is 3.41. The molecule has 6 heteroatoms.